The molecule has 2 unspecified atom stereocenters. The first-order valence-electron chi connectivity index (χ1n) is 4.44. The topological polar surface area (TPSA) is 12.0 Å². The number of fused-ring (bicyclic) bond motifs is 3. The average Bonchev–Trinajstić information content (AvgIpc) is 2.70. The van der Waals surface area contributed by atoms with Crippen LogP contribution in [0.25, 0.3) is 0 Å². The molecule has 1 N–H and O–H groups in total. The maximum atomic E-state index is 3.65. The molecule has 2 heterocycles. The van der Waals surface area contributed by atoms with E-state index in [0.717, 1.165) is 11.8 Å². The van der Waals surface area contributed by atoms with Gasteiger partial charge in [0.05, 0.1) is 3.79 Å². The molecule has 0 aromatic carbocycles. The summed E-state index contributed by atoms with van der Waals surface area (Å²) >= 11 is 9.15. The van der Waals surface area contributed by atoms with Gasteiger partial charge in [0.25, 0.3) is 0 Å². The lowest BCUT2D eigenvalue weighted by Gasteiger charge is -2.05. The fraction of sp³-hybridized carbons (Fsp3) is 0.556. The molecule has 13 heavy (non-hydrogen) atoms. The van der Waals surface area contributed by atoms with Gasteiger partial charge in [0, 0.05) is 21.8 Å². The smallest absolute Gasteiger partial charge is 0.0846 e. The van der Waals surface area contributed by atoms with Crippen molar-refractivity contribution in [3.63, 3.8) is 0 Å². The highest BCUT2D eigenvalue weighted by atomic mass is 79.9. The average molecular weight is 323 g/mol. The number of hydrogen-bond acceptors (Lipinski definition) is 2. The normalized spacial score (nSPS) is 30.6. The first kappa shape index (κ1) is 8.89. The van der Waals surface area contributed by atoms with E-state index >= 15 is 0 Å². The molecule has 0 saturated carbocycles. The summed E-state index contributed by atoms with van der Waals surface area (Å²) in [4.78, 5) is 1.61. The summed E-state index contributed by atoms with van der Waals surface area (Å²) < 4.78 is 2.57. The molecule has 1 nitrogen and oxygen atoms in total. The largest absolute Gasteiger partial charge is 0.316 e. The van der Waals surface area contributed by atoms with Crippen molar-refractivity contribution in [2.45, 2.75) is 12.3 Å². The Labute approximate surface area is 98.2 Å². The third-order valence-electron chi connectivity index (χ3n) is 3.08. The summed E-state index contributed by atoms with van der Waals surface area (Å²) in [7, 11) is 0. The van der Waals surface area contributed by atoms with Crippen LogP contribution < -0.4 is 5.32 Å². The molecule has 1 saturated heterocycles. The molecule has 0 spiro atoms. The molecule has 1 aliphatic carbocycles. The van der Waals surface area contributed by atoms with E-state index in [2.05, 4.69) is 37.2 Å². The van der Waals surface area contributed by atoms with Crippen LogP contribution in [0.2, 0.25) is 0 Å². The van der Waals surface area contributed by atoms with E-state index in [1.54, 1.807) is 10.4 Å². The van der Waals surface area contributed by atoms with Crippen molar-refractivity contribution < 1.29 is 0 Å². The zero-order valence-corrected chi connectivity index (χ0v) is 10.9. The van der Waals surface area contributed by atoms with Gasteiger partial charge in [-0.25, -0.2) is 0 Å². The summed E-state index contributed by atoms with van der Waals surface area (Å²) in [5.74, 6) is 1.66. The molecule has 2 aliphatic rings. The number of halogens is 2. The number of thiophene rings is 1. The van der Waals surface area contributed by atoms with Crippen LogP contribution in [0.4, 0.5) is 0 Å². The zero-order chi connectivity index (χ0) is 9.00. The minimum Gasteiger partial charge on any atom is -0.316 e. The van der Waals surface area contributed by atoms with Gasteiger partial charge in [-0.3, -0.25) is 0 Å². The highest BCUT2D eigenvalue weighted by Gasteiger charge is 2.39. The van der Waals surface area contributed by atoms with Crippen molar-refractivity contribution >= 4 is 43.2 Å². The van der Waals surface area contributed by atoms with Gasteiger partial charge in [0.15, 0.2) is 0 Å². The van der Waals surface area contributed by atoms with Gasteiger partial charge in [0.2, 0.25) is 0 Å². The number of nitrogens with one attached hydrogen (secondary N) is 1. The molecule has 1 aromatic heterocycles. The molecule has 70 valence electrons. The van der Waals surface area contributed by atoms with Crippen molar-refractivity contribution in [3.8, 4) is 0 Å². The minimum absolute atomic E-state index is 0.794. The summed E-state index contributed by atoms with van der Waals surface area (Å²) in [6, 6.07) is 0. The van der Waals surface area contributed by atoms with Crippen molar-refractivity contribution in [2.75, 3.05) is 13.1 Å². The van der Waals surface area contributed by atoms with Crippen molar-refractivity contribution in [2.24, 2.45) is 5.92 Å². The van der Waals surface area contributed by atoms with Crippen LogP contribution >= 0.6 is 43.2 Å². The van der Waals surface area contributed by atoms with Gasteiger partial charge in [0.1, 0.15) is 0 Å². The monoisotopic (exact) mass is 321 g/mol. The standard InChI is InChI=1S/C9H9Br2NS/c10-7-5-1-4-2-12-3-6(4)8(5)13-9(7)11/h4,6,12H,1-3H2. The fourth-order valence-electron chi connectivity index (χ4n) is 2.44. The quantitative estimate of drug-likeness (QED) is 0.774. The van der Waals surface area contributed by atoms with Crippen LogP contribution in [-0.4, -0.2) is 13.1 Å². The maximum Gasteiger partial charge on any atom is 0.0846 e. The first-order chi connectivity index (χ1) is 6.27. The van der Waals surface area contributed by atoms with Crippen molar-refractivity contribution in [1.82, 2.24) is 5.32 Å². The second kappa shape index (κ2) is 3.05. The van der Waals surface area contributed by atoms with Crippen LogP contribution in [0, 0.1) is 5.92 Å². The van der Waals surface area contributed by atoms with Gasteiger partial charge < -0.3 is 5.32 Å². The first-order valence-corrected chi connectivity index (χ1v) is 6.85. The van der Waals surface area contributed by atoms with Gasteiger partial charge >= 0.3 is 0 Å². The molecule has 1 fully saturated rings. The number of hydrogen-bond donors (Lipinski definition) is 1. The lowest BCUT2D eigenvalue weighted by Crippen LogP contribution is -2.10. The molecule has 4 heteroatoms. The molecule has 2 atom stereocenters. The third kappa shape index (κ3) is 1.19. The second-order valence-corrected chi connectivity index (χ2v) is 6.92. The van der Waals surface area contributed by atoms with Gasteiger partial charge in [-0.1, -0.05) is 0 Å². The summed E-state index contributed by atoms with van der Waals surface area (Å²) in [6.45, 7) is 2.38. The van der Waals surface area contributed by atoms with E-state index in [4.69, 9.17) is 0 Å². The SMILES string of the molecule is Brc1sc2c(c1Br)CC1CNCC21. The van der Waals surface area contributed by atoms with E-state index in [1.165, 1.54) is 27.8 Å². The van der Waals surface area contributed by atoms with Gasteiger partial charge in [-0.2, -0.15) is 0 Å². The van der Waals surface area contributed by atoms with E-state index in [9.17, 15) is 0 Å². The summed E-state index contributed by atoms with van der Waals surface area (Å²) in [5, 5.41) is 3.47. The highest BCUT2D eigenvalue weighted by Crippen LogP contribution is 2.50. The lowest BCUT2D eigenvalue weighted by molar-refractivity contribution is 0.566. The lowest BCUT2D eigenvalue weighted by atomic mass is 10.0. The Bertz CT molecular complexity index is 361. The minimum atomic E-state index is 0.794. The molecule has 0 bridgehead atoms. The van der Waals surface area contributed by atoms with Gasteiger partial charge in [-0.15, -0.1) is 11.3 Å². The molecule has 3 rings (SSSR count). The van der Waals surface area contributed by atoms with E-state index in [1.807, 2.05) is 11.3 Å². The fourth-order valence-corrected chi connectivity index (χ4v) is 5.09. The van der Waals surface area contributed by atoms with Crippen LogP contribution in [0.3, 0.4) is 0 Å². The maximum absolute atomic E-state index is 3.65. The zero-order valence-electron chi connectivity index (χ0n) is 6.94. The molecular weight excluding hydrogens is 314 g/mol. The molecule has 0 amide bonds. The Kier molecular flexibility index (Phi) is 2.09. The molecule has 1 aromatic rings. The Balaban J connectivity index is 2.11. The predicted octanol–water partition coefficient (Wildman–Crippen LogP) is 3.13. The Morgan fingerprint density at radius 3 is 3.00 bits per heavy atom. The Morgan fingerprint density at radius 2 is 2.15 bits per heavy atom. The second-order valence-electron chi connectivity index (χ2n) is 3.76. The third-order valence-corrected chi connectivity index (χ3v) is 6.78. The molecular formula is C9H9Br2NS. The molecule has 1 aliphatic heterocycles. The van der Waals surface area contributed by atoms with Crippen LogP contribution in [0.5, 0.6) is 0 Å². The summed E-state index contributed by atoms with van der Waals surface area (Å²) in [6.07, 6.45) is 1.26. The van der Waals surface area contributed by atoms with Crippen molar-refractivity contribution in [1.29, 1.82) is 0 Å². The Hall–Kier alpha value is 0.620. The van der Waals surface area contributed by atoms with E-state index in [-0.39, 0.29) is 0 Å². The predicted molar refractivity (Wildman–Crippen MR) is 62.5 cm³/mol. The molecule has 0 radical (unpaired) electrons. The highest BCUT2D eigenvalue weighted by molar-refractivity contribution is 9.13. The van der Waals surface area contributed by atoms with E-state index < -0.39 is 0 Å². The number of rotatable bonds is 0. The van der Waals surface area contributed by atoms with Crippen LogP contribution in [0.1, 0.15) is 16.4 Å². The van der Waals surface area contributed by atoms with Crippen LogP contribution in [-0.2, 0) is 6.42 Å². The van der Waals surface area contributed by atoms with Gasteiger partial charge in [-0.05, 0) is 56.3 Å². The van der Waals surface area contributed by atoms with E-state index in [0.29, 0.717) is 0 Å². The summed E-state index contributed by atoms with van der Waals surface area (Å²) in [5.41, 5.74) is 1.56. The Morgan fingerprint density at radius 1 is 1.31 bits per heavy atom. The van der Waals surface area contributed by atoms with Crippen molar-refractivity contribution in [3.05, 3.63) is 18.7 Å². The van der Waals surface area contributed by atoms with Crippen LogP contribution in [0.15, 0.2) is 8.26 Å².